The predicted octanol–water partition coefficient (Wildman–Crippen LogP) is 2.84. The van der Waals surface area contributed by atoms with E-state index >= 15 is 0 Å². The van der Waals surface area contributed by atoms with Gasteiger partial charge in [0.2, 0.25) is 0 Å². The first-order chi connectivity index (χ1) is 10.7. The third-order valence-corrected chi connectivity index (χ3v) is 4.19. The molecule has 0 saturated carbocycles. The van der Waals surface area contributed by atoms with Gasteiger partial charge in [-0.3, -0.25) is 0 Å². The van der Waals surface area contributed by atoms with Gasteiger partial charge in [-0.25, -0.2) is 0 Å². The van der Waals surface area contributed by atoms with Crippen LogP contribution in [-0.4, -0.2) is 25.9 Å². The Bertz CT molecular complexity index is 669. The lowest BCUT2D eigenvalue weighted by atomic mass is 9.90. The zero-order chi connectivity index (χ0) is 15.5. The van der Waals surface area contributed by atoms with E-state index in [-0.39, 0.29) is 11.8 Å². The molecule has 0 fully saturated rings. The number of nitrogens with one attached hydrogen (secondary N) is 1. The van der Waals surface area contributed by atoms with E-state index < -0.39 is 0 Å². The first-order valence-electron chi connectivity index (χ1n) is 7.47. The largest absolute Gasteiger partial charge is 0.504 e. The van der Waals surface area contributed by atoms with Crippen molar-refractivity contribution < 1.29 is 14.6 Å². The maximum atomic E-state index is 9.92. The number of rotatable bonds is 4. The van der Waals surface area contributed by atoms with Crippen LogP contribution in [0.5, 0.6) is 17.2 Å². The van der Waals surface area contributed by atoms with Crippen LogP contribution in [0.4, 0.5) is 0 Å². The van der Waals surface area contributed by atoms with E-state index in [0.29, 0.717) is 5.75 Å². The maximum absolute atomic E-state index is 9.92. The van der Waals surface area contributed by atoms with Gasteiger partial charge in [0.25, 0.3) is 0 Å². The van der Waals surface area contributed by atoms with Gasteiger partial charge in [0.15, 0.2) is 11.5 Å². The van der Waals surface area contributed by atoms with Crippen molar-refractivity contribution in [2.45, 2.75) is 18.9 Å². The van der Waals surface area contributed by atoms with Crippen molar-refractivity contribution in [3.05, 3.63) is 53.1 Å². The number of phenolic OH excluding ortho intramolecular Hbond substituents is 1. The Morgan fingerprint density at radius 2 is 2.00 bits per heavy atom. The molecule has 1 heterocycles. The van der Waals surface area contributed by atoms with Gasteiger partial charge in [-0.05, 0) is 60.3 Å². The summed E-state index contributed by atoms with van der Waals surface area (Å²) in [7, 11) is 3.25. The molecule has 0 aliphatic carbocycles. The van der Waals surface area contributed by atoms with Crippen molar-refractivity contribution >= 4 is 0 Å². The van der Waals surface area contributed by atoms with E-state index in [0.717, 1.165) is 30.7 Å². The summed E-state index contributed by atoms with van der Waals surface area (Å²) in [5.74, 6) is 1.60. The van der Waals surface area contributed by atoms with Crippen molar-refractivity contribution in [1.82, 2.24) is 5.32 Å². The molecule has 4 nitrogen and oxygen atoms in total. The van der Waals surface area contributed by atoms with Crippen LogP contribution >= 0.6 is 0 Å². The fraction of sp³-hybridized carbons (Fsp3) is 0.333. The quantitative estimate of drug-likeness (QED) is 0.911. The monoisotopic (exact) mass is 299 g/mol. The van der Waals surface area contributed by atoms with Crippen LogP contribution in [0.2, 0.25) is 0 Å². The van der Waals surface area contributed by atoms with E-state index in [1.165, 1.54) is 11.1 Å². The SMILES string of the molecule is COc1ccc2c(c1)CCN[C@@H]2Cc1ccc(OC)c(O)c1. The van der Waals surface area contributed by atoms with Crippen LogP contribution in [0, 0.1) is 0 Å². The maximum Gasteiger partial charge on any atom is 0.160 e. The molecular weight excluding hydrogens is 278 g/mol. The van der Waals surface area contributed by atoms with E-state index in [1.54, 1.807) is 20.3 Å². The lowest BCUT2D eigenvalue weighted by Gasteiger charge is -2.27. The molecule has 2 N–H and O–H groups in total. The molecule has 1 aliphatic heterocycles. The van der Waals surface area contributed by atoms with Gasteiger partial charge in [0, 0.05) is 6.04 Å². The number of hydrogen-bond donors (Lipinski definition) is 2. The third kappa shape index (κ3) is 2.88. The van der Waals surface area contributed by atoms with Gasteiger partial charge in [-0.2, -0.15) is 0 Å². The topological polar surface area (TPSA) is 50.7 Å². The van der Waals surface area contributed by atoms with Crippen molar-refractivity contribution in [3.63, 3.8) is 0 Å². The Morgan fingerprint density at radius 1 is 1.14 bits per heavy atom. The molecule has 0 aromatic heterocycles. The fourth-order valence-electron chi connectivity index (χ4n) is 3.04. The number of fused-ring (bicyclic) bond motifs is 1. The zero-order valence-electron chi connectivity index (χ0n) is 12.9. The third-order valence-electron chi connectivity index (χ3n) is 4.19. The van der Waals surface area contributed by atoms with Gasteiger partial charge in [0.05, 0.1) is 14.2 Å². The van der Waals surface area contributed by atoms with Crippen LogP contribution in [-0.2, 0) is 12.8 Å². The Balaban J connectivity index is 1.84. The minimum Gasteiger partial charge on any atom is -0.504 e. The molecule has 2 aromatic carbocycles. The zero-order valence-corrected chi connectivity index (χ0v) is 12.9. The van der Waals surface area contributed by atoms with Gasteiger partial charge < -0.3 is 19.9 Å². The molecule has 1 aliphatic rings. The number of benzene rings is 2. The Kier molecular flexibility index (Phi) is 4.20. The molecule has 22 heavy (non-hydrogen) atoms. The lowest BCUT2D eigenvalue weighted by Crippen LogP contribution is -2.31. The summed E-state index contributed by atoms with van der Waals surface area (Å²) in [6.45, 7) is 0.951. The summed E-state index contributed by atoms with van der Waals surface area (Å²) < 4.78 is 10.4. The molecule has 0 radical (unpaired) electrons. The van der Waals surface area contributed by atoms with Crippen LogP contribution < -0.4 is 14.8 Å². The summed E-state index contributed by atoms with van der Waals surface area (Å²) >= 11 is 0. The van der Waals surface area contributed by atoms with Crippen LogP contribution in [0.3, 0.4) is 0 Å². The van der Waals surface area contributed by atoms with Crippen molar-refractivity contribution in [2.24, 2.45) is 0 Å². The molecule has 3 rings (SSSR count). The fourth-order valence-corrected chi connectivity index (χ4v) is 3.04. The summed E-state index contributed by atoms with van der Waals surface area (Å²) in [4.78, 5) is 0. The lowest BCUT2D eigenvalue weighted by molar-refractivity contribution is 0.372. The van der Waals surface area contributed by atoms with Crippen LogP contribution in [0.15, 0.2) is 36.4 Å². The second-order valence-electron chi connectivity index (χ2n) is 5.53. The molecule has 0 saturated heterocycles. The second-order valence-corrected chi connectivity index (χ2v) is 5.53. The van der Waals surface area contributed by atoms with Gasteiger partial charge in [-0.15, -0.1) is 0 Å². The molecule has 4 heteroatoms. The highest BCUT2D eigenvalue weighted by atomic mass is 16.5. The summed E-state index contributed by atoms with van der Waals surface area (Å²) in [6, 6.07) is 12.1. The first-order valence-corrected chi connectivity index (χ1v) is 7.47. The van der Waals surface area contributed by atoms with Gasteiger partial charge in [0.1, 0.15) is 5.75 Å². The second kappa shape index (κ2) is 6.28. The summed E-state index contributed by atoms with van der Waals surface area (Å²) in [5, 5.41) is 13.5. The number of aromatic hydroxyl groups is 1. The average Bonchev–Trinajstić information content (AvgIpc) is 2.55. The molecule has 0 amide bonds. The summed E-state index contributed by atoms with van der Waals surface area (Å²) in [6.07, 6.45) is 1.84. The van der Waals surface area contributed by atoms with E-state index in [9.17, 15) is 5.11 Å². The van der Waals surface area contributed by atoms with Crippen molar-refractivity contribution in [2.75, 3.05) is 20.8 Å². The van der Waals surface area contributed by atoms with Crippen LogP contribution in [0.25, 0.3) is 0 Å². The normalized spacial score (nSPS) is 16.9. The van der Waals surface area contributed by atoms with E-state index in [4.69, 9.17) is 9.47 Å². The Morgan fingerprint density at radius 3 is 2.73 bits per heavy atom. The Hall–Kier alpha value is -2.20. The minimum atomic E-state index is 0.186. The number of methoxy groups -OCH3 is 2. The van der Waals surface area contributed by atoms with E-state index in [1.807, 2.05) is 18.2 Å². The molecule has 0 bridgehead atoms. The Labute approximate surface area is 130 Å². The van der Waals surface area contributed by atoms with Crippen LogP contribution in [0.1, 0.15) is 22.7 Å². The molecule has 0 spiro atoms. The highest BCUT2D eigenvalue weighted by Gasteiger charge is 2.20. The molecule has 2 aromatic rings. The van der Waals surface area contributed by atoms with Gasteiger partial charge >= 0.3 is 0 Å². The number of phenols is 1. The highest BCUT2D eigenvalue weighted by molar-refractivity contribution is 5.44. The molecule has 1 atom stereocenters. The number of hydrogen-bond acceptors (Lipinski definition) is 4. The molecule has 116 valence electrons. The number of ether oxygens (including phenoxy) is 2. The molecule has 0 unspecified atom stereocenters. The first kappa shape index (κ1) is 14.7. The molecular formula is C18H21NO3. The summed E-state index contributed by atoms with van der Waals surface area (Å²) in [5.41, 5.74) is 3.72. The standard InChI is InChI=1S/C18H21NO3/c1-21-14-4-5-15-13(11-14)7-8-19-16(15)9-12-3-6-18(22-2)17(20)10-12/h3-6,10-11,16,19-20H,7-9H2,1-2H3/t16-/m1/s1. The van der Waals surface area contributed by atoms with Gasteiger partial charge in [-0.1, -0.05) is 12.1 Å². The van der Waals surface area contributed by atoms with Crippen molar-refractivity contribution in [1.29, 1.82) is 0 Å². The smallest absolute Gasteiger partial charge is 0.160 e. The van der Waals surface area contributed by atoms with Crippen molar-refractivity contribution in [3.8, 4) is 17.2 Å². The minimum absolute atomic E-state index is 0.186. The highest BCUT2D eigenvalue weighted by Crippen LogP contribution is 2.31. The van der Waals surface area contributed by atoms with E-state index in [2.05, 4.69) is 17.4 Å². The predicted molar refractivity (Wildman–Crippen MR) is 85.8 cm³/mol. The average molecular weight is 299 g/mol.